The van der Waals surface area contributed by atoms with Gasteiger partial charge in [-0.2, -0.15) is 20.3 Å². The molecule has 0 spiro atoms. The fourth-order valence-corrected chi connectivity index (χ4v) is 2.31. The van der Waals surface area contributed by atoms with Crippen molar-refractivity contribution in [2.45, 2.75) is 13.0 Å². The number of phenolic OH excluding ortho intramolecular Hbond substituents is 1. The lowest BCUT2D eigenvalue weighted by atomic mass is 10.2. The lowest BCUT2D eigenvalue weighted by Gasteiger charge is -2.11. The summed E-state index contributed by atoms with van der Waals surface area (Å²) >= 11 is 5.86. The fraction of sp³-hybridized carbons (Fsp3) is 0.125. The molecule has 0 saturated heterocycles. The minimum Gasteiger partial charge on any atom is -0.506 e. The van der Waals surface area contributed by atoms with Crippen LogP contribution in [0.25, 0.3) is 0 Å². The second-order valence-electron chi connectivity index (χ2n) is 4.98. The standard InChI is InChI=1S/C16H13ClN4O2/c1-10-15(19-18-13-9-11(17)7-8-14(13)22)16(23)21(20-10)12-5-3-2-4-6-12/h2-9,15,22H,1H3/t15-/m0/s1. The quantitative estimate of drug-likeness (QED) is 0.867. The molecule has 7 heteroatoms. The van der Waals surface area contributed by atoms with Gasteiger partial charge in [-0.25, -0.2) is 0 Å². The average Bonchev–Trinajstić information content (AvgIpc) is 2.84. The van der Waals surface area contributed by atoms with Gasteiger partial charge in [0.05, 0.1) is 11.4 Å². The van der Waals surface area contributed by atoms with E-state index in [0.29, 0.717) is 16.4 Å². The number of carbonyl (C=O) groups is 1. The van der Waals surface area contributed by atoms with Crippen LogP contribution in [-0.2, 0) is 4.79 Å². The molecular formula is C16H13ClN4O2. The number of hydrogen-bond donors (Lipinski definition) is 1. The number of amides is 1. The zero-order chi connectivity index (χ0) is 16.4. The van der Waals surface area contributed by atoms with E-state index in [2.05, 4.69) is 15.3 Å². The normalized spacial score (nSPS) is 17.8. The van der Waals surface area contributed by atoms with Crippen molar-refractivity contribution < 1.29 is 9.90 Å². The SMILES string of the molecule is CC1=NN(c2ccccc2)C(=O)[C@H]1N=Nc1cc(Cl)ccc1O. The highest BCUT2D eigenvalue weighted by molar-refractivity contribution is 6.30. The number of rotatable bonds is 3. The van der Waals surface area contributed by atoms with Gasteiger partial charge in [-0.05, 0) is 37.3 Å². The lowest BCUT2D eigenvalue weighted by Crippen LogP contribution is -2.29. The summed E-state index contributed by atoms with van der Waals surface area (Å²) in [5.74, 6) is -0.350. The second-order valence-corrected chi connectivity index (χ2v) is 5.41. The van der Waals surface area contributed by atoms with Gasteiger partial charge in [-0.15, -0.1) is 0 Å². The Bertz CT molecular complexity index is 805. The summed E-state index contributed by atoms with van der Waals surface area (Å²) in [4.78, 5) is 12.5. The molecule has 1 heterocycles. The van der Waals surface area contributed by atoms with Crippen molar-refractivity contribution in [1.82, 2.24) is 0 Å². The molecule has 0 fully saturated rings. The summed E-state index contributed by atoms with van der Waals surface area (Å²) in [6.45, 7) is 1.71. The van der Waals surface area contributed by atoms with Crippen LogP contribution in [0.4, 0.5) is 11.4 Å². The highest BCUT2D eigenvalue weighted by Gasteiger charge is 2.34. The number of para-hydroxylation sites is 1. The Morgan fingerprint density at radius 2 is 1.96 bits per heavy atom. The predicted octanol–water partition coefficient (Wildman–Crippen LogP) is 3.92. The van der Waals surface area contributed by atoms with E-state index >= 15 is 0 Å². The van der Waals surface area contributed by atoms with Crippen molar-refractivity contribution in [2.24, 2.45) is 15.3 Å². The number of aromatic hydroxyl groups is 1. The predicted molar refractivity (Wildman–Crippen MR) is 88.5 cm³/mol. The van der Waals surface area contributed by atoms with Crippen molar-refractivity contribution in [1.29, 1.82) is 0 Å². The second kappa shape index (κ2) is 6.18. The van der Waals surface area contributed by atoms with Crippen LogP contribution >= 0.6 is 11.6 Å². The Balaban J connectivity index is 1.85. The first kappa shape index (κ1) is 15.2. The maximum absolute atomic E-state index is 12.5. The highest BCUT2D eigenvalue weighted by atomic mass is 35.5. The molecule has 0 aliphatic carbocycles. The molecular weight excluding hydrogens is 316 g/mol. The molecule has 2 aromatic rings. The lowest BCUT2D eigenvalue weighted by molar-refractivity contribution is -0.117. The Labute approximate surface area is 137 Å². The van der Waals surface area contributed by atoms with Gasteiger partial charge in [0.25, 0.3) is 5.91 Å². The van der Waals surface area contributed by atoms with Gasteiger partial charge < -0.3 is 5.11 Å². The molecule has 6 nitrogen and oxygen atoms in total. The molecule has 1 aliphatic heterocycles. The number of hydrazone groups is 1. The third-order valence-electron chi connectivity index (χ3n) is 3.32. The first-order chi connectivity index (χ1) is 11.1. The number of hydrogen-bond acceptors (Lipinski definition) is 5. The van der Waals surface area contributed by atoms with E-state index in [1.165, 1.54) is 17.1 Å². The molecule has 1 atom stereocenters. The molecule has 0 bridgehead atoms. The zero-order valence-electron chi connectivity index (χ0n) is 12.2. The summed E-state index contributed by atoms with van der Waals surface area (Å²) in [6.07, 6.45) is 0. The molecule has 1 amide bonds. The minimum atomic E-state index is -0.811. The van der Waals surface area contributed by atoms with Crippen molar-refractivity contribution in [3.05, 3.63) is 53.6 Å². The van der Waals surface area contributed by atoms with Crippen LogP contribution in [0.3, 0.4) is 0 Å². The van der Waals surface area contributed by atoms with Gasteiger partial charge in [0, 0.05) is 5.02 Å². The van der Waals surface area contributed by atoms with Crippen LogP contribution in [0.5, 0.6) is 5.75 Å². The molecule has 0 saturated carbocycles. The van der Waals surface area contributed by atoms with Crippen LogP contribution in [0.15, 0.2) is 63.9 Å². The monoisotopic (exact) mass is 328 g/mol. The summed E-state index contributed by atoms with van der Waals surface area (Å²) in [7, 11) is 0. The van der Waals surface area contributed by atoms with Crippen molar-refractivity contribution in [3.63, 3.8) is 0 Å². The number of phenols is 1. The smallest absolute Gasteiger partial charge is 0.280 e. The van der Waals surface area contributed by atoms with E-state index in [-0.39, 0.29) is 17.3 Å². The summed E-state index contributed by atoms with van der Waals surface area (Å²) in [5, 5.41) is 23.6. The highest BCUT2D eigenvalue weighted by Crippen LogP contribution is 2.30. The molecule has 23 heavy (non-hydrogen) atoms. The fourth-order valence-electron chi connectivity index (χ4n) is 2.14. The van der Waals surface area contributed by atoms with Gasteiger partial charge in [-0.3, -0.25) is 4.79 Å². The topological polar surface area (TPSA) is 77.6 Å². The Morgan fingerprint density at radius 1 is 1.22 bits per heavy atom. The maximum atomic E-state index is 12.5. The van der Waals surface area contributed by atoms with Crippen molar-refractivity contribution in [2.75, 3.05) is 5.01 Å². The van der Waals surface area contributed by atoms with E-state index < -0.39 is 6.04 Å². The first-order valence-corrected chi connectivity index (χ1v) is 7.27. The van der Waals surface area contributed by atoms with Gasteiger partial charge in [-0.1, -0.05) is 29.8 Å². The molecule has 2 aromatic carbocycles. The first-order valence-electron chi connectivity index (χ1n) is 6.90. The third-order valence-corrected chi connectivity index (χ3v) is 3.55. The Kier molecular flexibility index (Phi) is 4.08. The molecule has 3 rings (SSSR count). The minimum absolute atomic E-state index is 0.0573. The molecule has 0 radical (unpaired) electrons. The van der Waals surface area contributed by atoms with E-state index in [4.69, 9.17) is 11.6 Å². The zero-order valence-corrected chi connectivity index (χ0v) is 13.0. The molecule has 0 unspecified atom stereocenters. The number of benzene rings is 2. The summed E-state index contributed by atoms with van der Waals surface area (Å²) < 4.78 is 0. The third kappa shape index (κ3) is 3.07. The van der Waals surface area contributed by atoms with E-state index in [9.17, 15) is 9.90 Å². The molecule has 1 N–H and O–H groups in total. The number of anilines is 1. The molecule has 1 aliphatic rings. The van der Waals surface area contributed by atoms with Crippen LogP contribution in [-0.4, -0.2) is 22.8 Å². The Hall–Kier alpha value is -2.73. The van der Waals surface area contributed by atoms with E-state index in [0.717, 1.165) is 0 Å². The van der Waals surface area contributed by atoms with Gasteiger partial charge in [0.15, 0.2) is 6.04 Å². The van der Waals surface area contributed by atoms with Crippen molar-refractivity contribution >= 4 is 34.6 Å². The van der Waals surface area contributed by atoms with Gasteiger partial charge in [0.2, 0.25) is 0 Å². The number of nitrogens with zero attached hydrogens (tertiary/aromatic N) is 4. The largest absolute Gasteiger partial charge is 0.506 e. The van der Waals surface area contributed by atoms with Crippen molar-refractivity contribution in [3.8, 4) is 5.75 Å². The number of carbonyl (C=O) groups excluding carboxylic acids is 1. The number of azo groups is 1. The average molecular weight is 329 g/mol. The van der Waals surface area contributed by atoms with Gasteiger partial charge in [0.1, 0.15) is 11.4 Å². The molecule has 116 valence electrons. The van der Waals surface area contributed by atoms with Gasteiger partial charge >= 0.3 is 0 Å². The van der Waals surface area contributed by atoms with Crippen LogP contribution in [0.1, 0.15) is 6.92 Å². The number of halogens is 1. The Morgan fingerprint density at radius 3 is 2.70 bits per heavy atom. The van der Waals surface area contributed by atoms with E-state index in [1.54, 1.807) is 25.1 Å². The summed E-state index contributed by atoms with van der Waals surface area (Å²) in [6, 6.07) is 12.7. The van der Waals surface area contributed by atoms with Crippen LogP contribution < -0.4 is 5.01 Å². The van der Waals surface area contributed by atoms with E-state index in [1.807, 2.05) is 18.2 Å². The summed E-state index contributed by atoms with van der Waals surface area (Å²) in [5.41, 5.74) is 1.40. The maximum Gasteiger partial charge on any atom is 0.280 e. The molecule has 0 aromatic heterocycles. The van der Waals surface area contributed by atoms with Crippen LogP contribution in [0.2, 0.25) is 5.02 Å². The van der Waals surface area contributed by atoms with Crippen LogP contribution in [0, 0.1) is 0 Å².